The minimum Gasteiger partial charge on any atom is -0.467 e. The average Bonchev–Trinajstić information content (AvgIpc) is 3.45. The number of carbonyl (C=O) groups excluding carboxylic acids is 2. The third-order valence-corrected chi connectivity index (χ3v) is 4.73. The zero-order valence-corrected chi connectivity index (χ0v) is 14.3. The van der Waals surface area contributed by atoms with E-state index in [9.17, 15) is 22.8 Å². The molecule has 0 N–H and O–H groups in total. The number of nitrogens with zero attached hydrogens (tertiary/aromatic N) is 1. The average molecular weight is 371 g/mol. The van der Waals surface area contributed by atoms with Crippen molar-refractivity contribution in [1.29, 1.82) is 0 Å². The van der Waals surface area contributed by atoms with Crippen LogP contribution in [-0.2, 0) is 20.4 Å². The standard InChI is InChI=1S/C18H20F3NO4/c1-25-17(24)15-10-14(7-8-26-15)22(13-5-6-13)16(23)11-3-2-4-12(9-11)18(19,20)21/h2-4,9,13-15H,5-8,10H2,1H3/t14-,15+/m0/s1. The van der Waals surface area contributed by atoms with Gasteiger partial charge in [0.05, 0.1) is 12.7 Å². The maximum Gasteiger partial charge on any atom is 0.416 e. The fourth-order valence-electron chi connectivity index (χ4n) is 3.29. The molecule has 0 spiro atoms. The Balaban J connectivity index is 1.82. The van der Waals surface area contributed by atoms with Gasteiger partial charge in [-0.1, -0.05) is 6.07 Å². The lowest BCUT2D eigenvalue weighted by atomic mass is 9.99. The topological polar surface area (TPSA) is 55.8 Å². The highest BCUT2D eigenvalue weighted by molar-refractivity contribution is 5.95. The van der Waals surface area contributed by atoms with E-state index in [0.29, 0.717) is 13.0 Å². The molecule has 0 unspecified atom stereocenters. The molecule has 1 amide bonds. The minimum absolute atomic E-state index is 0.00144. The van der Waals surface area contributed by atoms with E-state index in [4.69, 9.17) is 9.47 Å². The molecule has 0 bridgehead atoms. The van der Waals surface area contributed by atoms with Crippen molar-refractivity contribution in [3.05, 3.63) is 35.4 Å². The van der Waals surface area contributed by atoms with Crippen molar-refractivity contribution in [2.75, 3.05) is 13.7 Å². The maximum absolute atomic E-state index is 13.0. The molecule has 142 valence electrons. The Kier molecular flexibility index (Phi) is 5.22. The van der Waals surface area contributed by atoms with Crippen LogP contribution in [0.15, 0.2) is 24.3 Å². The van der Waals surface area contributed by atoms with Crippen LogP contribution < -0.4 is 0 Å². The fraction of sp³-hybridized carbons (Fsp3) is 0.556. The zero-order chi connectivity index (χ0) is 18.9. The van der Waals surface area contributed by atoms with Crippen molar-refractivity contribution in [3.63, 3.8) is 0 Å². The number of ether oxygens (including phenoxy) is 2. The molecule has 2 atom stereocenters. The SMILES string of the molecule is COC(=O)[C@H]1C[C@@H](N(C(=O)c2cccc(C(F)(F)F)c2)C2CC2)CCO1. The highest BCUT2D eigenvalue weighted by Gasteiger charge is 2.42. The Bertz CT molecular complexity index is 687. The molecule has 1 saturated heterocycles. The number of benzene rings is 1. The summed E-state index contributed by atoms with van der Waals surface area (Å²) in [5, 5.41) is 0. The summed E-state index contributed by atoms with van der Waals surface area (Å²) in [7, 11) is 1.27. The molecule has 26 heavy (non-hydrogen) atoms. The number of hydrogen-bond donors (Lipinski definition) is 0. The van der Waals surface area contributed by atoms with Crippen molar-refractivity contribution >= 4 is 11.9 Å². The Labute approximate surface area is 149 Å². The highest BCUT2D eigenvalue weighted by atomic mass is 19.4. The monoisotopic (exact) mass is 371 g/mol. The molecule has 2 fully saturated rings. The van der Waals surface area contributed by atoms with Gasteiger partial charge in [0.2, 0.25) is 0 Å². The third kappa shape index (κ3) is 4.00. The van der Waals surface area contributed by atoms with E-state index in [1.54, 1.807) is 4.90 Å². The molecule has 1 heterocycles. The quantitative estimate of drug-likeness (QED) is 0.764. The van der Waals surface area contributed by atoms with Crippen LogP contribution in [0.3, 0.4) is 0 Å². The number of rotatable bonds is 4. The van der Waals surface area contributed by atoms with Crippen LogP contribution in [0.1, 0.15) is 41.6 Å². The fourth-order valence-corrected chi connectivity index (χ4v) is 3.29. The first kappa shape index (κ1) is 18.7. The molecule has 1 aromatic carbocycles. The number of halogens is 3. The molecule has 5 nitrogen and oxygen atoms in total. The van der Waals surface area contributed by atoms with Crippen molar-refractivity contribution in [3.8, 4) is 0 Å². The normalized spacial score (nSPS) is 23.4. The van der Waals surface area contributed by atoms with Gasteiger partial charge in [0.1, 0.15) is 0 Å². The predicted molar refractivity (Wildman–Crippen MR) is 85.4 cm³/mol. The van der Waals surface area contributed by atoms with Crippen LogP contribution in [-0.4, -0.2) is 48.7 Å². The lowest BCUT2D eigenvalue weighted by Crippen LogP contribution is -2.48. The van der Waals surface area contributed by atoms with Gasteiger partial charge >= 0.3 is 12.1 Å². The second kappa shape index (κ2) is 7.26. The van der Waals surface area contributed by atoms with Gasteiger partial charge in [0.15, 0.2) is 6.10 Å². The van der Waals surface area contributed by atoms with Gasteiger partial charge in [-0.25, -0.2) is 4.79 Å². The van der Waals surface area contributed by atoms with Crippen LogP contribution in [0.4, 0.5) is 13.2 Å². The van der Waals surface area contributed by atoms with Gasteiger partial charge in [0, 0.05) is 30.7 Å². The highest BCUT2D eigenvalue weighted by Crippen LogP contribution is 2.35. The molecule has 1 saturated carbocycles. The summed E-state index contributed by atoms with van der Waals surface area (Å²) < 4.78 is 48.9. The first-order valence-corrected chi connectivity index (χ1v) is 8.50. The van der Waals surface area contributed by atoms with E-state index < -0.39 is 29.7 Å². The van der Waals surface area contributed by atoms with Gasteiger partial charge in [-0.05, 0) is 37.5 Å². The molecule has 1 aliphatic carbocycles. The van der Waals surface area contributed by atoms with E-state index in [1.807, 2.05) is 0 Å². The molecule has 1 aromatic rings. The van der Waals surface area contributed by atoms with Gasteiger partial charge < -0.3 is 14.4 Å². The molecule has 1 aliphatic heterocycles. The Hall–Kier alpha value is -2.09. The van der Waals surface area contributed by atoms with Crippen LogP contribution in [0.25, 0.3) is 0 Å². The Morgan fingerprint density at radius 3 is 2.54 bits per heavy atom. The van der Waals surface area contributed by atoms with Crippen molar-refractivity contribution in [2.24, 2.45) is 0 Å². The first-order chi connectivity index (χ1) is 12.3. The van der Waals surface area contributed by atoms with Gasteiger partial charge in [0.25, 0.3) is 5.91 Å². The Morgan fingerprint density at radius 2 is 1.92 bits per heavy atom. The zero-order valence-electron chi connectivity index (χ0n) is 14.3. The van der Waals surface area contributed by atoms with Gasteiger partial charge in [-0.3, -0.25) is 4.79 Å². The second-order valence-corrected chi connectivity index (χ2v) is 6.58. The summed E-state index contributed by atoms with van der Waals surface area (Å²) in [6.07, 6.45) is -2.82. The molecule has 8 heteroatoms. The van der Waals surface area contributed by atoms with Crippen LogP contribution in [0, 0.1) is 0 Å². The van der Waals surface area contributed by atoms with Gasteiger partial charge in [-0.15, -0.1) is 0 Å². The second-order valence-electron chi connectivity index (χ2n) is 6.58. The summed E-state index contributed by atoms with van der Waals surface area (Å²) in [5.41, 5.74) is -0.841. The van der Waals surface area contributed by atoms with E-state index >= 15 is 0 Å². The Morgan fingerprint density at radius 1 is 1.19 bits per heavy atom. The largest absolute Gasteiger partial charge is 0.467 e. The number of esters is 1. The smallest absolute Gasteiger partial charge is 0.416 e. The lowest BCUT2D eigenvalue weighted by Gasteiger charge is -2.37. The number of amides is 1. The summed E-state index contributed by atoms with van der Waals surface area (Å²) in [5.74, 6) is -0.939. The van der Waals surface area contributed by atoms with E-state index in [0.717, 1.165) is 25.0 Å². The molecular formula is C18H20F3NO4. The van der Waals surface area contributed by atoms with Gasteiger partial charge in [-0.2, -0.15) is 13.2 Å². The van der Waals surface area contributed by atoms with Crippen LogP contribution >= 0.6 is 0 Å². The van der Waals surface area contributed by atoms with Crippen molar-refractivity contribution in [2.45, 2.75) is 50.0 Å². The minimum atomic E-state index is -4.50. The first-order valence-electron chi connectivity index (χ1n) is 8.50. The summed E-state index contributed by atoms with van der Waals surface area (Å²) in [6.45, 7) is 0.295. The van der Waals surface area contributed by atoms with Crippen molar-refractivity contribution < 1.29 is 32.2 Å². The van der Waals surface area contributed by atoms with Crippen LogP contribution in [0.2, 0.25) is 0 Å². The molecular weight excluding hydrogens is 351 g/mol. The van der Waals surface area contributed by atoms with Crippen molar-refractivity contribution in [1.82, 2.24) is 4.90 Å². The maximum atomic E-state index is 13.0. The molecule has 2 aliphatic rings. The lowest BCUT2D eigenvalue weighted by molar-refractivity contribution is -0.159. The number of hydrogen-bond acceptors (Lipinski definition) is 4. The molecule has 0 radical (unpaired) electrons. The summed E-state index contributed by atoms with van der Waals surface area (Å²) in [4.78, 5) is 26.3. The molecule has 0 aromatic heterocycles. The molecule has 3 rings (SSSR count). The number of carbonyl (C=O) groups is 2. The number of methoxy groups -OCH3 is 1. The summed E-state index contributed by atoms with van der Waals surface area (Å²) >= 11 is 0. The van der Waals surface area contributed by atoms with E-state index in [2.05, 4.69) is 0 Å². The third-order valence-electron chi connectivity index (χ3n) is 4.73. The van der Waals surface area contributed by atoms with Crippen LogP contribution in [0.5, 0.6) is 0 Å². The van der Waals surface area contributed by atoms with E-state index in [1.165, 1.54) is 19.2 Å². The number of alkyl halides is 3. The predicted octanol–water partition coefficient (Wildman–Crippen LogP) is 3.03. The summed E-state index contributed by atoms with van der Waals surface area (Å²) in [6, 6.07) is 4.20. The van der Waals surface area contributed by atoms with E-state index in [-0.39, 0.29) is 24.1 Å².